The Balaban J connectivity index is 1.63. The van der Waals surface area contributed by atoms with Gasteiger partial charge in [-0.3, -0.25) is 9.59 Å². The summed E-state index contributed by atoms with van der Waals surface area (Å²) in [5.74, 6) is 0.214. The maximum atomic E-state index is 11.9. The summed E-state index contributed by atoms with van der Waals surface area (Å²) in [6.07, 6.45) is 5.55. The quantitative estimate of drug-likeness (QED) is 0.544. The Kier molecular flexibility index (Phi) is 8.41. The van der Waals surface area contributed by atoms with Gasteiger partial charge in [-0.05, 0) is 30.5 Å². The molecule has 27 heavy (non-hydrogen) atoms. The molecule has 148 valence electrons. The molecule has 4 amide bonds. The number of benzene rings is 1. The van der Waals surface area contributed by atoms with E-state index in [9.17, 15) is 14.4 Å². The van der Waals surface area contributed by atoms with Crippen molar-refractivity contribution in [2.45, 2.75) is 44.7 Å². The zero-order valence-electron chi connectivity index (χ0n) is 15.7. The number of hydrogen-bond donors (Lipinski definition) is 4. The zero-order valence-corrected chi connectivity index (χ0v) is 15.7. The van der Waals surface area contributed by atoms with Crippen LogP contribution in [0.25, 0.3) is 0 Å². The third-order valence-corrected chi connectivity index (χ3v) is 4.40. The summed E-state index contributed by atoms with van der Waals surface area (Å²) in [5.41, 5.74) is 0.879. The van der Waals surface area contributed by atoms with Crippen molar-refractivity contribution in [3.8, 4) is 5.75 Å². The highest BCUT2D eigenvalue weighted by Crippen LogP contribution is 2.17. The van der Waals surface area contributed by atoms with Crippen molar-refractivity contribution in [1.29, 1.82) is 0 Å². The molecular weight excluding hydrogens is 348 g/mol. The average Bonchev–Trinajstić information content (AvgIpc) is 2.70. The molecule has 0 spiro atoms. The summed E-state index contributed by atoms with van der Waals surface area (Å²) in [7, 11) is 1.55. The maximum absolute atomic E-state index is 11.9. The third kappa shape index (κ3) is 7.98. The van der Waals surface area contributed by atoms with E-state index in [1.165, 1.54) is 6.42 Å². The first-order chi connectivity index (χ1) is 13.1. The molecule has 0 aliphatic heterocycles. The van der Waals surface area contributed by atoms with Crippen molar-refractivity contribution in [2.75, 3.05) is 20.2 Å². The minimum Gasteiger partial charge on any atom is -0.484 e. The van der Waals surface area contributed by atoms with Gasteiger partial charge in [0.2, 0.25) is 5.91 Å². The van der Waals surface area contributed by atoms with Gasteiger partial charge in [-0.15, -0.1) is 0 Å². The molecule has 4 N–H and O–H groups in total. The standard InChI is InChI=1S/C19H28N4O4/c1-20-18(25)13-27-16-9-7-14(8-10-16)11-21-19(26)22-12-17(24)23-15-5-3-2-4-6-15/h7-10,15H,2-6,11-13H2,1H3,(H,20,25)(H,23,24)(H2,21,22,26). The molecule has 8 nitrogen and oxygen atoms in total. The minimum atomic E-state index is -0.395. The number of carbonyl (C=O) groups is 3. The van der Waals surface area contributed by atoms with Crippen molar-refractivity contribution in [1.82, 2.24) is 21.3 Å². The molecule has 1 saturated carbocycles. The number of ether oxygens (including phenoxy) is 1. The van der Waals surface area contributed by atoms with E-state index in [1.54, 1.807) is 31.3 Å². The molecule has 1 aromatic rings. The molecule has 1 aliphatic rings. The van der Waals surface area contributed by atoms with Gasteiger partial charge in [0.25, 0.3) is 5.91 Å². The molecule has 0 aromatic heterocycles. The van der Waals surface area contributed by atoms with Crippen LogP contribution in [-0.2, 0) is 16.1 Å². The number of likely N-dealkylation sites (N-methyl/N-ethyl adjacent to an activating group) is 1. The second-order valence-corrected chi connectivity index (χ2v) is 6.54. The van der Waals surface area contributed by atoms with Gasteiger partial charge in [-0.2, -0.15) is 0 Å². The number of carbonyl (C=O) groups excluding carboxylic acids is 3. The van der Waals surface area contributed by atoms with E-state index >= 15 is 0 Å². The Morgan fingerprint density at radius 3 is 2.37 bits per heavy atom. The van der Waals surface area contributed by atoms with Gasteiger partial charge in [-0.1, -0.05) is 31.4 Å². The van der Waals surface area contributed by atoms with Crippen LogP contribution < -0.4 is 26.0 Å². The summed E-state index contributed by atoms with van der Waals surface area (Å²) in [5, 5.41) is 10.7. The SMILES string of the molecule is CNC(=O)COc1ccc(CNC(=O)NCC(=O)NC2CCCCC2)cc1. The zero-order chi connectivity index (χ0) is 19.5. The van der Waals surface area contributed by atoms with Gasteiger partial charge in [0.05, 0.1) is 6.54 Å². The first-order valence-electron chi connectivity index (χ1n) is 9.30. The summed E-state index contributed by atoms with van der Waals surface area (Å²) in [4.78, 5) is 34.8. The molecule has 0 heterocycles. The van der Waals surface area contributed by atoms with Crippen molar-refractivity contribution in [3.63, 3.8) is 0 Å². The van der Waals surface area contributed by atoms with Gasteiger partial charge in [0.1, 0.15) is 5.75 Å². The predicted octanol–water partition coefficient (Wildman–Crippen LogP) is 1.06. The first-order valence-corrected chi connectivity index (χ1v) is 9.30. The Bertz CT molecular complexity index is 627. The molecule has 2 rings (SSSR count). The topological polar surface area (TPSA) is 109 Å². The van der Waals surface area contributed by atoms with E-state index in [2.05, 4.69) is 21.3 Å². The lowest BCUT2D eigenvalue weighted by Gasteiger charge is -2.22. The van der Waals surface area contributed by atoms with E-state index < -0.39 is 6.03 Å². The van der Waals surface area contributed by atoms with Gasteiger partial charge in [-0.25, -0.2) is 4.79 Å². The van der Waals surface area contributed by atoms with Crippen LogP contribution >= 0.6 is 0 Å². The van der Waals surface area contributed by atoms with Crippen molar-refractivity contribution < 1.29 is 19.1 Å². The van der Waals surface area contributed by atoms with Crippen LogP contribution in [0.3, 0.4) is 0 Å². The Morgan fingerprint density at radius 2 is 1.70 bits per heavy atom. The molecule has 0 unspecified atom stereocenters. The second kappa shape index (κ2) is 11.1. The molecule has 0 atom stereocenters. The van der Waals surface area contributed by atoms with Crippen LogP contribution in [0.1, 0.15) is 37.7 Å². The third-order valence-electron chi connectivity index (χ3n) is 4.40. The lowest BCUT2D eigenvalue weighted by molar-refractivity contribution is -0.122. The molecule has 0 radical (unpaired) electrons. The normalized spacial score (nSPS) is 14.1. The van der Waals surface area contributed by atoms with Gasteiger partial charge in [0, 0.05) is 19.6 Å². The molecule has 0 bridgehead atoms. The molecule has 8 heteroatoms. The summed E-state index contributed by atoms with van der Waals surface area (Å²) >= 11 is 0. The highest BCUT2D eigenvalue weighted by atomic mass is 16.5. The van der Waals surface area contributed by atoms with Crippen LogP contribution in [0.4, 0.5) is 4.79 Å². The van der Waals surface area contributed by atoms with Crippen molar-refractivity contribution in [3.05, 3.63) is 29.8 Å². The molecule has 1 aromatic carbocycles. The van der Waals surface area contributed by atoms with Crippen LogP contribution in [0.15, 0.2) is 24.3 Å². The monoisotopic (exact) mass is 376 g/mol. The first kappa shape index (κ1) is 20.5. The van der Waals surface area contributed by atoms with E-state index in [0.29, 0.717) is 12.3 Å². The van der Waals surface area contributed by atoms with E-state index in [4.69, 9.17) is 4.74 Å². The second-order valence-electron chi connectivity index (χ2n) is 6.54. The Labute approximate surface area is 159 Å². The molecular formula is C19H28N4O4. The lowest BCUT2D eigenvalue weighted by Crippen LogP contribution is -2.45. The Morgan fingerprint density at radius 1 is 1.00 bits per heavy atom. The van der Waals surface area contributed by atoms with Gasteiger partial charge >= 0.3 is 6.03 Å². The fraction of sp³-hybridized carbons (Fsp3) is 0.526. The number of rotatable bonds is 8. The van der Waals surface area contributed by atoms with Crippen LogP contribution in [0, 0.1) is 0 Å². The largest absolute Gasteiger partial charge is 0.484 e. The van der Waals surface area contributed by atoms with Crippen LogP contribution in [0.2, 0.25) is 0 Å². The number of nitrogens with one attached hydrogen (secondary N) is 4. The highest BCUT2D eigenvalue weighted by molar-refractivity contribution is 5.84. The fourth-order valence-corrected chi connectivity index (χ4v) is 2.86. The summed E-state index contributed by atoms with van der Waals surface area (Å²) in [6, 6.07) is 6.91. The molecule has 0 saturated heterocycles. The van der Waals surface area contributed by atoms with Crippen LogP contribution in [-0.4, -0.2) is 44.1 Å². The average molecular weight is 376 g/mol. The number of amides is 4. The maximum Gasteiger partial charge on any atom is 0.315 e. The number of hydrogen-bond acceptors (Lipinski definition) is 4. The minimum absolute atomic E-state index is 0.0331. The fourth-order valence-electron chi connectivity index (χ4n) is 2.86. The van der Waals surface area contributed by atoms with Crippen molar-refractivity contribution >= 4 is 17.8 Å². The van der Waals surface area contributed by atoms with Crippen molar-refractivity contribution in [2.24, 2.45) is 0 Å². The summed E-state index contributed by atoms with van der Waals surface area (Å²) in [6.45, 7) is 0.250. The molecule has 1 fully saturated rings. The van der Waals surface area contributed by atoms with Gasteiger partial charge in [0.15, 0.2) is 6.61 Å². The van der Waals surface area contributed by atoms with Gasteiger partial charge < -0.3 is 26.0 Å². The lowest BCUT2D eigenvalue weighted by atomic mass is 9.95. The van der Waals surface area contributed by atoms with E-state index in [-0.39, 0.29) is 31.0 Å². The molecule has 1 aliphatic carbocycles. The summed E-state index contributed by atoms with van der Waals surface area (Å²) < 4.78 is 5.31. The smallest absolute Gasteiger partial charge is 0.315 e. The highest BCUT2D eigenvalue weighted by Gasteiger charge is 2.15. The predicted molar refractivity (Wildman–Crippen MR) is 101 cm³/mol. The van der Waals surface area contributed by atoms with Crippen LogP contribution in [0.5, 0.6) is 5.75 Å². The number of urea groups is 1. The van der Waals surface area contributed by atoms with E-state index in [1.807, 2.05) is 0 Å². The Hall–Kier alpha value is -2.77. The van der Waals surface area contributed by atoms with E-state index in [0.717, 1.165) is 31.2 Å².